The van der Waals surface area contributed by atoms with Gasteiger partial charge in [-0.2, -0.15) is 0 Å². The zero-order chi connectivity index (χ0) is 5.15. The molecule has 0 aliphatic heterocycles. The van der Waals surface area contributed by atoms with Gasteiger partial charge in [0.05, 0.1) is 5.84 Å². The van der Waals surface area contributed by atoms with Gasteiger partial charge in [0.1, 0.15) is 0 Å². The molecule has 35 valence electrons. The van der Waals surface area contributed by atoms with Gasteiger partial charge in [0, 0.05) is 5.92 Å². The van der Waals surface area contributed by atoms with E-state index in [1.165, 1.54) is 0 Å². The molecule has 0 aliphatic rings. The molecule has 0 fully saturated rings. The maximum Gasteiger partial charge on any atom is 0.0973 e. The lowest BCUT2D eigenvalue weighted by atomic mass is 10.2. The summed E-state index contributed by atoms with van der Waals surface area (Å²) in [4.78, 5) is 0. The predicted molar refractivity (Wildman–Crippen MR) is 26.5 cm³/mol. The van der Waals surface area contributed by atoms with Gasteiger partial charge in [-0.05, 0) is 0 Å². The van der Waals surface area contributed by atoms with Crippen molar-refractivity contribution in [3.8, 4) is 0 Å². The summed E-state index contributed by atoms with van der Waals surface area (Å²) in [6.45, 7) is 3.62. The topological polar surface area (TPSA) is 49.9 Å². The summed E-state index contributed by atoms with van der Waals surface area (Å²) in [7, 11) is 0. The van der Waals surface area contributed by atoms with Gasteiger partial charge >= 0.3 is 0 Å². The average Bonchev–Trinajstić information content (AvgIpc) is 1.36. The van der Waals surface area contributed by atoms with E-state index in [4.69, 9.17) is 11.1 Å². The Morgan fingerprint density at radius 3 is 1.67 bits per heavy atom. The summed E-state index contributed by atoms with van der Waals surface area (Å²) in [5, 5.41) is 6.69. The second-order valence-electron chi connectivity index (χ2n) is 1.41. The van der Waals surface area contributed by atoms with Crippen LogP contribution >= 0.6 is 0 Å². The molecule has 1 radical (unpaired) electrons. The monoisotopic (exact) mass is 85.1 g/mol. The van der Waals surface area contributed by atoms with Gasteiger partial charge in [0.2, 0.25) is 0 Å². The van der Waals surface area contributed by atoms with Crippen LogP contribution in [0.2, 0.25) is 0 Å². The van der Waals surface area contributed by atoms with Crippen LogP contribution in [0.25, 0.3) is 0 Å². The van der Waals surface area contributed by atoms with Crippen LogP contribution in [0.15, 0.2) is 0 Å². The van der Waals surface area contributed by atoms with Gasteiger partial charge in [0.15, 0.2) is 0 Å². The molecule has 0 amide bonds. The second-order valence-corrected chi connectivity index (χ2v) is 1.41. The quantitative estimate of drug-likeness (QED) is 0.354. The Bertz CT molecular complexity index is 56.6. The summed E-state index contributed by atoms with van der Waals surface area (Å²) in [6.07, 6.45) is 0. The Hall–Kier alpha value is -0.530. The summed E-state index contributed by atoms with van der Waals surface area (Å²) in [5.74, 6) is 1.05. The third kappa shape index (κ3) is 1.76. The highest BCUT2D eigenvalue weighted by atomic mass is 14.7. The molecule has 0 aromatic carbocycles. The summed E-state index contributed by atoms with van der Waals surface area (Å²) >= 11 is 0. The third-order valence-electron chi connectivity index (χ3n) is 0.539. The molecule has 2 heteroatoms. The molecule has 0 unspecified atom stereocenters. The van der Waals surface area contributed by atoms with Gasteiger partial charge in [-0.25, -0.2) is 0 Å². The number of nitrogens with two attached hydrogens (primary N) is 1. The normalized spacial score (nSPS) is 9.17. The highest BCUT2D eigenvalue weighted by Crippen LogP contribution is 1.88. The van der Waals surface area contributed by atoms with Crippen LogP contribution in [0.5, 0.6) is 0 Å². The largest absolute Gasteiger partial charge is 0.387 e. The van der Waals surface area contributed by atoms with Crippen LogP contribution in [-0.4, -0.2) is 5.84 Å². The zero-order valence-electron chi connectivity index (χ0n) is 4.08. The minimum absolute atomic E-state index is 0.176. The zero-order valence-corrected chi connectivity index (χ0v) is 4.08. The maximum atomic E-state index is 6.69. The number of amidine groups is 1. The average molecular weight is 85.1 g/mol. The van der Waals surface area contributed by atoms with Gasteiger partial charge < -0.3 is 5.73 Å². The molecule has 0 heterocycles. The Morgan fingerprint density at radius 1 is 1.50 bits per heavy atom. The summed E-state index contributed by atoms with van der Waals surface area (Å²) < 4.78 is 0. The van der Waals surface area contributed by atoms with Crippen molar-refractivity contribution in [1.29, 1.82) is 5.41 Å². The minimum atomic E-state index is 0.176. The fraction of sp³-hybridized carbons (Fsp3) is 0.500. The number of rotatable bonds is 1. The third-order valence-corrected chi connectivity index (χ3v) is 0.539. The van der Waals surface area contributed by atoms with E-state index >= 15 is 0 Å². The lowest BCUT2D eigenvalue weighted by Crippen LogP contribution is -2.14. The second kappa shape index (κ2) is 1.80. The van der Waals surface area contributed by atoms with E-state index < -0.39 is 0 Å². The van der Waals surface area contributed by atoms with Crippen molar-refractivity contribution in [2.45, 2.75) is 13.8 Å². The fourth-order valence-electron chi connectivity index (χ4n) is 0. The van der Waals surface area contributed by atoms with Crippen molar-refractivity contribution in [1.82, 2.24) is 0 Å². The fourth-order valence-corrected chi connectivity index (χ4v) is 0. The molecular formula is C4H9N2. The van der Waals surface area contributed by atoms with E-state index in [0.29, 0.717) is 0 Å². The first-order chi connectivity index (χ1) is 2.64. The first kappa shape index (κ1) is 5.47. The molecular weight excluding hydrogens is 76.1 g/mol. The molecule has 0 rings (SSSR count). The molecule has 0 saturated heterocycles. The molecule has 0 aromatic rings. The van der Waals surface area contributed by atoms with E-state index in [-0.39, 0.29) is 5.84 Å². The van der Waals surface area contributed by atoms with Crippen molar-refractivity contribution in [2.75, 3.05) is 0 Å². The Balaban J connectivity index is 3.26. The van der Waals surface area contributed by atoms with Gasteiger partial charge in [-0.3, -0.25) is 5.41 Å². The van der Waals surface area contributed by atoms with Crippen molar-refractivity contribution in [3.63, 3.8) is 0 Å². The van der Waals surface area contributed by atoms with E-state index in [0.717, 1.165) is 5.92 Å². The predicted octanol–water partition coefficient (Wildman–Crippen LogP) is 0.537. The maximum absolute atomic E-state index is 6.69. The molecule has 6 heavy (non-hydrogen) atoms. The van der Waals surface area contributed by atoms with Crippen LogP contribution in [0.1, 0.15) is 13.8 Å². The first-order valence-corrected chi connectivity index (χ1v) is 1.79. The van der Waals surface area contributed by atoms with Crippen LogP contribution in [-0.2, 0) is 0 Å². The number of hydrogen-bond acceptors (Lipinski definition) is 1. The smallest absolute Gasteiger partial charge is 0.0973 e. The van der Waals surface area contributed by atoms with Gasteiger partial charge in [-0.15, -0.1) is 0 Å². The molecule has 0 aromatic heterocycles. The van der Waals surface area contributed by atoms with Crippen molar-refractivity contribution >= 4 is 5.84 Å². The molecule has 0 bridgehead atoms. The number of nitrogens with one attached hydrogen (secondary N) is 1. The van der Waals surface area contributed by atoms with Crippen LogP contribution in [0, 0.1) is 11.3 Å². The lowest BCUT2D eigenvalue weighted by molar-refractivity contribution is 1.20. The lowest BCUT2D eigenvalue weighted by Gasteiger charge is -1.94. The van der Waals surface area contributed by atoms with Gasteiger partial charge in [-0.1, -0.05) is 13.8 Å². The highest BCUT2D eigenvalue weighted by molar-refractivity contribution is 5.89. The van der Waals surface area contributed by atoms with E-state index in [1.807, 2.05) is 13.8 Å². The van der Waals surface area contributed by atoms with Crippen LogP contribution < -0.4 is 5.73 Å². The van der Waals surface area contributed by atoms with E-state index in [1.54, 1.807) is 0 Å². The summed E-state index contributed by atoms with van der Waals surface area (Å²) in [5.41, 5.74) is 4.98. The molecule has 3 N–H and O–H groups in total. The molecule has 0 atom stereocenters. The molecule has 2 nitrogen and oxygen atoms in total. The first-order valence-electron chi connectivity index (χ1n) is 1.79. The van der Waals surface area contributed by atoms with Crippen LogP contribution in [0.4, 0.5) is 0 Å². The van der Waals surface area contributed by atoms with Crippen molar-refractivity contribution < 1.29 is 0 Å². The Kier molecular flexibility index (Phi) is 1.64. The standard InChI is InChI=1S/C4H9N2/c1-3(2)4(5)6/h1-2H3,(H3,5,6). The molecule has 0 spiro atoms. The van der Waals surface area contributed by atoms with Crippen LogP contribution in [0.3, 0.4) is 0 Å². The van der Waals surface area contributed by atoms with E-state index in [2.05, 4.69) is 0 Å². The van der Waals surface area contributed by atoms with E-state index in [9.17, 15) is 0 Å². The highest BCUT2D eigenvalue weighted by Gasteiger charge is 1.92. The molecule has 0 saturated carbocycles. The Morgan fingerprint density at radius 2 is 1.67 bits per heavy atom. The van der Waals surface area contributed by atoms with Crippen molar-refractivity contribution in [2.24, 2.45) is 5.73 Å². The SMILES string of the molecule is C[C](C)C(=N)N. The van der Waals surface area contributed by atoms with Crippen molar-refractivity contribution in [3.05, 3.63) is 5.92 Å². The number of hydrogen-bond donors (Lipinski definition) is 2. The Labute approximate surface area is 37.9 Å². The molecule has 0 aliphatic carbocycles. The van der Waals surface area contributed by atoms with Gasteiger partial charge in [0.25, 0.3) is 0 Å². The minimum Gasteiger partial charge on any atom is -0.387 e. The summed E-state index contributed by atoms with van der Waals surface area (Å²) in [6, 6.07) is 0.